The van der Waals surface area contributed by atoms with E-state index in [1.54, 1.807) is 12.1 Å². The van der Waals surface area contributed by atoms with Gasteiger partial charge in [-0.05, 0) is 91.0 Å². The molecule has 2 aliphatic carbocycles. The van der Waals surface area contributed by atoms with E-state index < -0.39 is 5.60 Å². The minimum Gasteiger partial charge on any atom is -0.490 e. The Morgan fingerprint density at radius 1 is 0.917 bits per heavy atom. The second kappa shape index (κ2) is 9.73. The van der Waals surface area contributed by atoms with E-state index in [1.807, 2.05) is 45.0 Å². The first-order valence-corrected chi connectivity index (χ1v) is 13.0. The summed E-state index contributed by atoms with van der Waals surface area (Å²) in [4.78, 5) is 11.9. The zero-order valence-electron chi connectivity index (χ0n) is 20.7. The zero-order valence-corrected chi connectivity index (χ0v) is 22.2. The monoisotopic (exact) mass is 551 g/mol. The number of amides is 1. The van der Waals surface area contributed by atoms with Crippen LogP contribution in [0.5, 0.6) is 17.4 Å². The molecule has 2 fully saturated rings. The van der Waals surface area contributed by atoms with Crippen LogP contribution in [0.2, 0.25) is 0 Å². The first-order valence-electron chi connectivity index (χ1n) is 12.2. The fraction of sp³-hybridized carbons (Fsp3) is 0.393. The van der Waals surface area contributed by atoms with Crippen molar-refractivity contribution in [1.29, 1.82) is 0 Å². The number of nitrogens with one attached hydrogen (secondary N) is 1. The molecule has 1 N–H and O–H groups in total. The second-order valence-corrected chi connectivity index (χ2v) is 11.3. The first kappa shape index (κ1) is 24.6. The molecule has 0 saturated heterocycles. The Labute approximate surface area is 219 Å². The van der Waals surface area contributed by atoms with Gasteiger partial charge < -0.3 is 19.5 Å². The summed E-state index contributed by atoms with van der Waals surface area (Å²) in [7, 11) is 0. The van der Waals surface area contributed by atoms with Crippen molar-refractivity contribution in [2.75, 3.05) is 0 Å². The van der Waals surface area contributed by atoms with E-state index in [9.17, 15) is 4.79 Å². The quantitative estimate of drug-likeness (QED) is 0.358. The maximum atomic E-state index is 11.9. The summed E-state index contributed by atoms with van der Waals surface area (Å²) in [5.74, 6) is 2.05. The molecule has 5 rings (SSSR count). The smallest absolute Gasteiger partial charge is 0.407 e. The van der Waals surface area contributed by atoms with Crippen molar-refractivity contribution in [3.8, 4) is 17.4 Å². The highest BCUT2D eigenvalue weighted by atomic mass is 79.9. The van der Waals surface area contributed by atoms with Crippen LogP contribution >= 0.6 is 15.9 Å². The van der Waals surface area contributed by atoms with Crippen LogP contribution in [0.3, 0.4) is 0 Å². The lowest BCUT2D eigenvalue weighted by molar-refractivity contribution is 0.0363. The molecule has 0 aliphatic heterocycles. The highest BCUT2D eigenvalue weighted by molar-refractivity contribution is 9.10. The van der Waals surface area contributed by atoms with Gasteiger partial charge in [-0.1, -0.05) is 24.3 Å². The minimum absolute atomic E-state index is 0.0490. The number of carbonyl (C=O) groups is 1. The van der Waals surface area contributed by atoms with Crippen LogP contribution in [0, 0.1) is 0 Å². The molecule has 0 bridgehead atoms. The largest absolute Gasteiger partial charge is 0.490 e. The summed E-state index contributed by atoms with van der Waals surface area (Å²) in [5.41, 5.74) is 2.13. The SMILES string of the molecule is CC(C)(C)OC(=O)N[C@H]1C[C@H](Oc2ccc(C3(c4ccc(Oc5ccc(Br)nn5)cc4)CC3)cc2)C1. The van der Waals surface area contributed by atoms with Crippen LogP contribution in [0.1, 0.15) is 57.6 Å². The van der Waals surface area contributed by atoms with Gasteiger partial charge in [-0.2, -0.15) is 0 Å². The summed E-state index contributed by atoms with van der Waals surface area (Å²) in [6.45, 7) is 5.58. The Kier molecular flexibility index (Phi) is 6.64. The van der Waals surface area contributed by atoms with E-state index in [0.29, 0.717) is 10.5 Å². The number of rotatable bonds is 7. The topological polar surface area (TPSA) is 82.6 Å². The standard InChI is InChI=1S/C28H30BrN3O4/c1-27(2,3)36-26(33)30-20-16-23(17-20)34-21-8-4-18(5-9-21)28(14-15-28)19-6-10-22(11-7-19)35-25-13-12-24(29)31-32-25/h4-13,20,23H,14-17H2,1-3H3,(H,30,33)/t20-,23-. The lowest BCUT2D eigenvalue weighted by Gasteiger charge is -2.36. The third kappa shape index (κ3) is 5.81. The third-order valence-corrected chi connectivity index (χ3v) is 6.94. The molecule has 1 amide bonds. The van der Waals surface area contributed by atoms with E-state index in [-0.39, 0.29) is 23.7 Å². The summed E-state index contributed by atoms with van der Waals surface area (Å²) in [6, 6.07) is 20.3. The molecule has 0 unspecified atom stereocenters. The number of carbonyl (C=O) groups excluding carboxylic acids is 1. The van der Waals surface area contributed by atoms with E-state index in [2.05, 4.69) is 55.7 Å². The average Bonchev–Trinajstić information content (AvgIpc) is 3.61. The molecule has 36 heavy (non-hydrogen) atoms. The number of hydrogen-bond acceptors (Lipinski definition) is 6. The van der Waals surface area contributed by atoms with Crippen LogP contribution in [-0.4, -0.2) is 34.0 Å². The molecule has 2 aliphatic rings. The van der Waals surface area contributed by atoms with E-state index in [1.165, 1.54) is 11.1 Å². The van der Waals surface area contributed by atoms with Crippen molar-refractivity contribution in [1.82, 2.24) is 15.5 Å². The molecule has 1 aromatic heterocycles. The molecular formula is C28H30BrN3O4. The highest BCUT2D eigenvalue weighted by Crippen LogP contribution is 2.54. The van der Waals surface area contributed by atoms with Gasteiger partial charge in [0.25, 0.3) is 0 Å². The van der Waals surface area contributed by atoms with Gasteiger partial charge >= 0.3 is 6.09 Å². The number of halogens is 1. The summed E-state index contributed by atoms with van der Waals surface area (Å²) < 4.78 is 17.9. The molecule has 7 nitrogen and oxygen atoms in total. The van der Waals surface area contributed by atoms with Crippen molar-refractivity contribution in [2.45, 2.75) is 69.6 Å². The summed E-state index contributed by atoms with van der Waals surface area (Å²) in [6.07, 6.45) is 3.54. The van der Waals surface area contributed by atoms with Crippen molar-refractivity contribution >= 4 is 22.0 Å². The lowest BCUT2D eigenvalue weighted by atomic mass is 9.88. The molecule has 2 saturated carbocycles. The van der Waals surface area contributed by atoms with E-state index in [0.717, 1.165) is 37.2 Å². The fourth-order valence-electron chi connectivity index (χ4n) is 4.49. The van der Waals surface area contributed by atoms with E-state index in [4.69, 9.17) is 14.2 Å². The predicted molar refractivity (Wildman–Crippen MR) is 140 cm³/mol. The maximum Gasteiger partial charge on any atom is 0.407 e. The number of alkyl carbamates (subject to hydrolysis) is 1. The van der Waals surface area contributed by atoms with Gasteiger partial charge in [0.15, 0.2) is 0 Å². The van der Waals surface area contributed by atoms with Crippen molar-refractivity contribution in [3.05, 3.63) is 76.4 Å². The molecule has 188 valence electrons. The lowest BCUT2D eigenvalue weighted by Crippen LogP contribution is -2.50. The van der Waals surface area contributed by atoms with Crippen LogP contribution < -0.4 is 14.8 Å². The van der Waals surface area contributed by atoms with E-state index >= 15 is 0 Å². The zero-order chi connectivity index (χ0) is 25.3. The maximum absolute atomic E-state index is 11.9. The Bertz CT molecular complexity index is 1200. The minimum atomic E-state index is -0.491. The van der Waals surface area contributed by atoms with Gasteiger partial charge in [0.1, 0.15) is 27.8 Å². The number of hydrogen-bond donors (Lipinski definition) is 1. The molecule has 2 aromatic carbocycles. The number of benzene rings is 2. The van der Waals surface area contributed by atoms with Gasteiger partial charge in [-0.3, -0.25) is 0 Å². The Morgan fingerprint density at radius 2 is 1.53 bits per heavy atom. The van der Waals surface area contributed by atoms with Gasteiger partial charge in [-0.15, -0.1) is 10.2 Å². The van der Waals surface area contributed by atoms with Gasteiger partial charge in [0, 0.05) is 30.4 Å². The average molecular weight is 552 g/mol. The number of ether oxygens (including phenoxy) is 3. The molecule has 0 atom stereocenters. The van der Waals surface area contributed by atoms with Crippen LogP contribution in [0.15, 0.2) is 65.3 Å². The van der Waals surface area contributed by atoms with Gasteiger partial charge in [-0.25, -0.2) is 4.79 Å². The van der Waals surface area contributed by atoms with Crippen LogP contribution in [-0.2, 0) is 10.2 Å². The summed E-state index contributed by atoms with van der Waals surface area (Å²) in [5, 5.41) is 10.9. The van der Waals surface area contributed by atoms with Crippen molar-refractivity contribution < 1.29 is 19.0 Å². The molecular weight excluding hydrogens is 522 g/mol. The molecule has 8 heteroatoms. The highest BCUT2D eigenvalue weighted by Gasteiger charge is 2.45. The van der Waals surface area contributed by atoms with Crippen molar-refractivity contribution in [2.24, 2.45) is 0 Å². The molecule has 3 aromatic rings. The molecule has 0 radical (unpaired) electrons. The van der Waals surface area contributed by atoms with Gasteiger partial charge in [0.05, 0.1) is 0 Å². The van der Waals surface area contributed by atoms with Crippen LogP contribution in [0.25, 0.3) is 0 Å². The third-order valence-electron chi connectivity index (χ3n) is 6.51. The number of aromatic nitrogens is 2. The van der Waals surface area contributed by atoms with Gasteiger partial charge in [0.2, 0.25) is 5.88 Å². The van der Waals surface area contributed by atoms with Crippen LogP contribution in [0.4, 0.5) is 4.79 Å². The second-order valence-electron chi connectivity index (χ2n) is 10.5. The normalized spacial score (nSPS) is 20.1. The molecule has 1 heterocycles. The first-order chi connectivity index (χ1) is 17.2. The van der Waals surface area contributed by atoms with Crippen molar-refractivity contribution in [3.63, 3.8) is 0 Å². The fourth-order valence-corrected chi connectivity index (χ4v) is 4.70. The number of nitrogens with zero attached hydrogens (tertiary/aromatic N) is 2. The molecule has 0 spiro atoms. The predicted octanol–water partition coefficient (Wildman–Crippen LogP) is 6.55. The Morgan fingerprint density at radius 3 is 2.06 bits per heavy atom. The Balaban J connectivity index is 1.14. The Hall–Kier alpha value is -3.13. The summed E-state index contributed by atoms with van der Waals surface area (Å²) >= 11 is 3.28.